The molecule has 0 aliphatic carbocycles. The molecule has 1 unspecified atom stereocenters. The van der Waals surface area contributed by atoms with Crippen molar-refractivity contribution in [2.75, 3.05) is 0 Å². The monoisotopic (exact) mass is 301 g/mol. The summed E-state index contributed by atoms with van der Waals surface area (Å²) in [4.78, 5) is 0. The third-order valence-electron chi connectivity index (χ3n) is 2.48. The van der Waals surface area contributed by atoms with Crippen molar-refractivity contribution in [2.24, 2.45) is 12.8 Å². The van der Waals surface area contributed by atoms with E-state index in [9.17, 15) is 8.78 Å². The van der Waals surface area contributed by atoms with Crippen molar-refractivity contribution in [3.05, 3.63) is 51.8 Å². The molecule has 90 valence electrons. The predicted molar refractivity (Wildman–Crippen MR) is 63.3 cm³/mol. The summed E-state index contributed by atoms with van der Waals surface area (Å²) in [7, 11) is 1.72. The second-order valence-electron chi connectivity index (χ2n) is 3.68. The molecule has 0 bridgehead atoms. The summed E-state index contributed by atoms with van der Waals surface area (Å²) >= 11 is 3.30. The van der Waals surface area contributed by atoms with Gasteiger partial charge in [-0.1, -0.05) is 0 Å². The van der Waals surface area contributed by atoms with Gasteiger partial charge in [0, 0.05) is 13.1 Å². The van der Waals surface area contributed by atoms with Crippen LogP contribution >= 0.6 is 15.9 Å². The molecule has 17 heavy (non-hydrogen) atoms. The molecular formula is C11H10BrF2N3. The van der Waals surface area contributed by atoms with Crippen molar-refractivity contribution >= 4 is 15.9 Å². The van der Waals surface area contributed by atoms with Crippen LogP contribution in [0.25, 0.3) is 0 Å². The number of aromatic nitrogens is 2. The summed E-state index contributed by atoms with van der Waals surface area (Å²) in [6.07, 6.45) is 1.59. The molecule has 2 rings (SSSR count). The Morgan fingerprint density at radius 1 is 1.29 bits per heavy atom. The maximum absolute atomic E-state index is 13.1. The molecule has 2 N–H and O–H groups in total. The number of nitrogens with two attached hydrogens (primary N) is 1. The molecule has 0 saturated carbocycles. The summed E-state index contributed by atoms with van der Waals surface area (Å²) in [5, 5.41) is 4.01. The molecule has 0 spiro atoms. The molecule has 2 aromatic rings. The summed E-state index contributed by atoms with van der Waals surface area (Å²) in [5.74, 6) is -1.29. The molecule has 0 radical (unpaired) electrons. The molecule has 0 saturated heterocycles. The van der Waals surface area contributed by atoms with Gasteiger partial charge in [0.05, 0.1) is 22.4 Å². The lowest BCUT2D eigenvalue weighted by atomic mass is 10.0. The molecule has 0 aliphatic heterocycles. The smallest absolute Gasteiger partial charge is 0.126 e. The van der Waals surface area contributed by atoms with Crippen LogP contribution in [0.4, 0.5) is 8.78 Å². The Morgan fingerprint density at radius 3 is 2.35 bits per heavy atom. The summed E-state index contributed by atoms with van der Waals surface area (Å²) in [5.41, 5.74) is 7.01. The van der Waals surface area contributed by atoms with Crippen LogP contribution in [0.5, 0.6) is 0 Å². The predicted octanol–water partition coefficient (Wildman–Crippen LogP) is 2.51. The minimum absolute atomic E-state index is 0.367. The van der Waals surface area contributed by atoms with Gasteiger partial charge in [-0.15, -0.1) is 0 Å². The number of halogens is 3. The summed E-state index contributed by atoms with van der Waals surface area (Å²) < 4.78 is 28.5. The first-order valence-corrected chi connectivity index (χ1v) is 5.67. The SMILES string of the molecule is Cn1ncc(Br)c1C(N)c1cc(F)cc(F)c1. The quantitative estimate of drug-likeness (QED) is 0.926. The first-order chi connectivity index (χ1) is 7.99. The van der Waals surface area contributed by atoms with Crippen molar-refractivity contribution in [3.63, 3.8) is 0 Å². The molecule has 3 nitrogen and oxygen atoms in total. The van der Waals surface area contributed by atoms with Crippen molar-refractivity contribution in [1.29, 1.82) is 0 Å². The molecule has 0 amide bonds. The van der Waals surface area contributed by atoms with Gasteiger partial charge >= 0.3 is 0 Å². The van der Waals surface area contributed by atoms with Crippen molar-refractivity contribution in [1.82, 2.24) is 9.78 Å². The number of nitrogens with zero attached hydrogens (tertiary/aromatic N) is 2. The standard InChI is InChI=1S/C11H10BrF2N3/c1-17-11(9(12)5-16-17)10(15)6-2-7(13)4-8(14)3-6/h2-5,10H,15H2,1H3. The average molecular weight is 302 g/mol. The van der Waals surface area contributed by atoms with Crippen molar-refractivity contribution in [2.45, 2.75) is 6.04 Å². The van der Waals surface area contributed by atoms with Gasteiger partial charge in [-0.3, -0.25) is 4.68 Å². The van der Waals surface area contributed by atoms with E-state index in [4.69, 9.17) is 5.73 Å². The van der Waals surface area contributed by atoms with Gasteiger partial charge in [-0.2, -0.15) is 5.10 Å². The number of hydrogen-bond donors (Lipinski definition) is 1. The van der Waals surface area contributed by atoms with Gasteiger partial charge in [0.1, 0.15) is 11.6 Å². The van der Waals surface area contributed by atoms with Crippen LogP contribution in [0.2, 0.25) is 0 Å². The molecule has 1 heterocycles. The minimum atomic E-state index is -0.645. The van der Waals surface area contributed by atoms with E-state index >= 15 is 0 Å². The van der Waals surface area contributed by atoms with Gasteiger partial charge in [0.2, 0.25) is 0 Å². The lowest BCUT2D eigenvalue weighted by molar-refractivity contribution is 0.574. The van der Waals surface area contributed by atoms with E-state index in [1.165, 1.54) is 12.1 Å². The number of benzene rings is 1. The first-order valence-electron chi connectivity index (χ1n) is 4.88. The van der Waals surface area contributed by atoms with E-state index in [1.54, 1.807) is 17.9 Å². The Labute approximate surface area is 105 Å². The van der Waals surface area contributed by atoms with Crippen molar-refractivity contribution in [3.8, 4) is 0 Å². The third kappa shape index (κ3) is 2.37. The molecular weight excluding hydrogens is 292 g/mol. The Kier molecular flexibility index (Phi) is 3.26. The van der Waals surface area contributed by atoms with Gasteiger partial charge < -0.3 is 5.73 Å². The maximum Gasteiger partial charge on any atom is 0.126 e. The third-order valence-corrected chi connectivity index (χ3v) is 3.09. The van der Waals surface area contributed by atoms with Crippen LogP contribution in [-0.4, -0.2) is 9.78 Å². The van der Waals surface area contributed by atoms with E-state index in [0.29, 0.717) is 15.7 Å². The maximum atomic E-state index is 13.1. The molecule has 1 aromatic heterocycles. The Hall–Kier alpha value is -1.27. The fourth-order valence-electron chi connectivity index (χ4n) is 1.68. The second kappa shape index (κ2) is 4.54. The van der Waals surface area contributed by atoms with E-state index in [2.05, 4.69) is 21.0 Å². The van der Waals surface area contributed by atoms with Crippen LogP contribution in [-0.2, 0) is 7.05 Å². The zero-order chi connectivity index (χ0) is 12.6. The topological polar surface area (TPSA) is 43.8 Å². The van der Waals surface area contributed by atoms with Crippen LogP contribution in [0.15, 0.2) is 28.9 Å². The van der Waals surface area contributed by atoms with Crippen molar-refractivity contribution < 1.29 is 8.78 Å². The van der Waals surface area contributed by atoms with E-state index in [0.717, 1.165) is 6.07 Å². The zero-order valence-corrected chi connectivity index (χ0v) is 10.6. The van der Waals surface area contributed by atoms with Crippen LogP contribution < -0.4 is 5.73 Å². The largest absolute Gasteiger partial charge is 0.319 e. The zero-order valence-electron chi connectivity index (χ0n) is 8.99. The van der Waals surface area contributed by atoms with Crippen LogP contribution in [0.3, 0.4) is 0 Å². The van der Waals surface area contributed by atoms with Gasteiger partial charge in [-0.25, -0.2) is 8.78 Å². The Morgan fingerprint density at radius 2 is 1.88 bits per heavy atom. The number of aryl methyl sites for hydroxylation is 1. The number of rotatable bonds is 2. The molecule has 0 fully saturated rings. The van der Waals surface area contributed by atoms with Crippen LogP contribution in [0, 0.1) is 11.6 Å². The van der Waals surface area contributed by atoms with Gasteiger partial charge in [0.25, 0.3) is 0 Å². The Balaban J connectivity index is 2.47. The summed E-state index contributed by atoms with van der Waals surface area (Å²) in [6.45, 7) is 0. The highest BCUT2D eigenvalue weighted by Gasteiger charge is 2.18. The normalized spacial score (nSPS) is 12.8. The average Bonchev–Trinajstić information content (AvgIpc) is 2.56. The minimum Gasteiger partial charge on any atom is -0.319 e. The second-order valence-corrected chi connectivity index (χ2v) is 4.54. The molecule has 1 atom stereocenters. The molecule has 0 aliphatic rings. The Bertz CT molecular complexity index is 514. The fraction of sp³-hybridized carbons (Fsp3) is 0.182. The number of hydrogen-bond acceptors (Lipinski definition) is 2. The van der Waals surface area contributed by atoms with E-state index < -0.39 is 17.7 Å². The summed E-state index contributed by atoms with van der Waals surface area (Å²) in [6, 6.07) is 2.61. The highest BCUT2D eigenvalue weighted by Crippen LogP contribution is 2.26. The highest BCUT2D eigenvalue weighted by atomic mass is 79.9. The van der Waals surface area contributed by atoms with Gasteiger partial charge in [0.15, 0.2) is 0 Å². The first kappa shape index (κ1) is 12.2. The fourth-order valence-corrected chi connectivity index (χ4v) is 2.28. The molecule has 6 heteroatoms. The lowest BCUT2D eigenvalue weighted by Gasteiger charge is -2.13. The van der Waals surface area contributed by atoms with Gasteiger partial charge in [-0.05, 0) is 33.6 Å². The van der Waals surface area contributed by atoms with Crippen LogP contribution in [0.1, 0.15) is 17.3 Å². The van der Waals surface area contributed by atoms with E-state index in [1.807, 2.05) is 0 Å². The highest BCUT2D eigenvalue weighted by molar-refractivity contribution is 9.10. The lowest BCUT2D eigenvalue weighted by Crippen LogP contribution is -2.17. The van der Waals surface area contributed by atoms with E-state index in [-0.39, 0.29) is 0 Å². The molecule has 1 aromatic carbocycles.